The molecule has 2 amide bonds. The van der Waals surface area contributed by atoms with Crippen LogP contribution in [0.5, 0.6) is 0 Å². The summed E-state index contributed by atoms with van der Waals surface area (Å²) in [7, 11) is 3.99. The second-order valence-electron chi connectivity index (χ2n) is 10.7. The van der Waals surface area contributed by atoms with Crippen LogP contribution < -0.4 is 14.7 Å². The minimum absolute atomic E-state index is 0.0193. The maximum atomic E-state index is 13.8. The minimum atomic E-state index is -0.498. The topological polar surface area (TPSA) is 117 Å². The van der Waals surface area contributed by atoms with Crippen LogP contribution in [0.2, 0.25) is 0 Å². The first kappa shape index (κ1) is 23.7. The van der Waals surface area contributed by atoms with Gasteiger partial charge in [-0.3, -0.25) is 29.4 Å². The molecule has 1 N–H and O–H groups in total. The quantitative estimate of drug-likeness (QED) is 0.297. The predicted octanol–water partition coefficient (Wildman–Crippen LogP) is 4.09. The van der Waals surface area contributed by atoms with Crippen LogP contribution in [-0.2, 0) is 9.59 Å². The Kier molecular flexibility index (Phi) is 5.15. The van der Waals surface area contributed by atoms with E-state index in [2.05, 4.69) is 29.2 Å². The fourth-order valence-corrected chi connectivity index (χ4v) is 10.2. The SMILES string of the molecule is CN(C)c1ccc([C@H]2c3sc(=O)[nH]c3S[C@@H]3[C@H]4C[C@@H]([C@@H]5C(=O)N(c6ccc([N+](=O)[O-])cc6)C(=O)[C@H]45)[C@@H]23)cc1. The lowest BCUT2D eigenvalue weighted by atomic mass is 9.68. The van der Waals surface area contributed by atoms with Crippen LogP contribution in [-0.4, -0.2) is 41.1 Å². The number of aromatic nitrogens is 1. The first-order valence-electron chi connectivity index (χ1n) is 12.5. The molecule has 9 nitrogen and oxygen atoms in total. The molecular formula is C27H24N4O5S2. The number of nitro benzene ring substituents is 1. The van der Waals surface area contributed by atoms with Gasteiger partial charge in [0.2, 0.25) is 11.8 Å². The number of thiazole rings is 1. The van der Waals surface area contributed by atoms with E-state index < -0.39 is 16.8 Å². The van der Waals surface area contributed by atoms with Crippen LogP contribution in [0.15, 0.2) is 58.4 Å². The molecule has 3 heterocycles. The lowest BCUT2D eigenvalue weighted by Gasteiger charge is -2.43. The zero-order valence-corrected chi connectivity index (χ0v) is 22.2. The lowest BCUT2D eigenvalue weighted by Crippen LogP contribution is -2.42. The normalized spacial score (nSPS) is 30.8. The van der Waals surface area contributed by atoms with E-state index in [1.165, 1.54) is 40.5 Å². The van der Waals surface area contributed by atoms with Crippen molar-refractivity contribution in [3.63, 3.8) is 0 Å². The standard InChI is InChI=1S/C27H24N4O5S2/c1-29(2)13-5-3-12(4-6-13)18-19-16-11-17(22(19)37-24-23(18)38-27(34)28-24)21-20(16)25(32)30(26(21)33)14-7-9-15(10-8-14)31(35)36/h3-10,16-22H,11H2,1-2H3,(H,28,34)/t16-,17+,18-,19+,20+,21-,22-/m1/s1. The molecule has 194 valence electrons. The lowest BCUT2D eigenvalue weighted by molar-refractivity contribution is -0.384. The zero-order valence-electron chi connectivity index (χ0n) is 20.6. The highest BCUT2D eigenvalue weighted by atomic mass is 32.2. The van der Waals surface area contributed by atoms with E-state index in [-0.39, 0.29) is 51.3 Å². The average molecular weight is 549 g/mol. The number of fused-ring (bicyclic) bond motifs is 9. The number of thioether (sulfide) groups is 1. The highest BCUT2D eigenvalue weighted by Crippen LogP contribution is 2.68. The summed E-state index contributed by atoms with van der Waals surface area (Å²) in [6.45, 7) is 0. The second-order valence-corrected chi connectivity index (χ2v) is 12.9. The molecule has 0 unspecified atom stereocenters. The Labute approximate surface area is 226 Å². The monoisotopic (exact) mass is 548 g/mol. The highest BCUT2D eigenvalue weighted by molar-refractivity contribution is 8.00. The average Bonchev–Trinajstić information content (AvgIpc) is 3.63. The fraction of sp³-hybridized carbons (Fsp3) is 0.370. The Hall–Kier alpha value is -3.44. The van der Waals surface area contributed by atoms with Gasteiger partial charge in [0.05, 0.1) is 27.5 Å². The van der Waals surface area contributed by atoms with Gasteiger partial charge in [-0.25, -0.2) is 0 Å². The zero-order chi connectivity index (χ0) is 26.5. The summed E-state index contributed by atoms with van der Waals surface area (Å²) in [5, 5.41) is 12.1. The van der Waals surface area contributed by atoms with E-state index in [0.29, 0.717) is 5.69 Å². The number of nitro groups is 1. The molecule has 7 rings (SSSR count). The molecule has 2 aromatic carbocycles. The van der Waals surface area contributed by atoms with Crippen molar-refractivity contribution in [1.29, 1.82) is 0 Å². The summed E-state index contributed by atoms with van der Waals surface area (Å²) in [5.74, 6) is -1.08. The third kappa shape index (κ3) is 3.21. The molecule has 2 aliphatic heterocycles. The molecule has 38 heavy (non-hydrogen) atoms. The molecule has 11 heteroatoms. The molecule has 2 aliphatic carbocycles. The van der Waals surface area contributed by atoms with Gasteiger partial charge in [-0.15, -0.1) is 11.8 Å². The molecular weight excluding hydrogens is 524 g/mol. The van der Waals surface area contributed by atoms with Gasteiger partial charge in [-0.05, 0) is 54.0 Å². The molecule has 0 radical (unpaired) electrons. The largest absolute Gasteiger partial charge is 0.378 e. The van der Waals surface area contributed by atoms with Crippen molar-refractivity contribution >= 4 is 52.0 Å². The van der Waals surface area contributed by atoms with Crippen LogP contribution in [0.25, 0.3) is 0 Å². The van der Waals surface area contributed by atoms with E-state index >= 15 is 0 Å². The van der Waals surface area contributed by atoms with Crippen molar-refractivity contribution in [3.05, 3.63) is 78.8 Å². The number of hydrogen-bond donors (Lipinski definition) is 1. The number of rotatable bonds is 4. The Morgan fingerprint density at radius 3 is 2.26 bits per heavy atom. The van der Waals surface area contributed by atoms with Gasteiger partial charge in [0.1, 0.15) is 0 Å². The molecule has 4 aliphatic rings. The fourth-order valence-electron chi connectivity index (χ4n) is 7.35. The second kappa shape index (κ2) is 8.28. The van der Waals surface area contributed by atoms with Crippen molar-refractivity contribution in [2.45, 2.75) is 22.6 Å². The van der Waals surface area contributed by atoms with Gasteiger partial charge in [0, 0.05) is 48.0 Å². The summed E-state index contributed by atoms with van der Waals surface area (Å²) in [6, 6.07) is 14.0. The molecule has 3 fully saturated rings. The summed E-state index contributed by atoms with van der Waals surface area (Å²) >= 11 is 2.91. The predicted molar refractivity (Wildman–Crippen MR) is 145 cm³/mol. The van der Waals surface area contributed by atoms with Gasteiger partial charge in [-0.1, -0.05) is 23.5 Å². The van der Waals surface area contributed by atoms with E-state index in [0.717, 1.165) is 27.6 Å². The number of anilines is 2. The van der Waals surface area contributed by atoms with Crippen LogP contribution in [0.3, 0.4) is 0 Å². The highest BCUT2D eigenvalue weighted by Gasteiger charge is 2.69. The number of nitrogens with one attached hydrogen (secondary N) is 1. The van der Waals surface area contributed by atoms with Crippen LogP contribution in [0.1, 0.15) is 22.8 Å². The van der Waals surface area contributed by atoms with Gasteiger partial charge < -0.3 is 9.88 Å². The van der Waals surface area contributed by atoms with E-state index in [1.54, 1.807) is 11.8 Å². The molecule has 0 spiro atoms. The molecule has 3 aromatic rings. The van der Waals surface area contributed by atoms with Crippen molar-refractivity contribution < 1.29 is 14.5 Å². The number of benzene rings is 2. The molecule has 1 saturated heterocycles. The van der Waals surface area contributed by atoms with Crippen LogP contribution in [0, 0.1) is 39.7 Å². The van der Waals surface area contributed by atoms with E-state index in [9.17, 15) is 24.5 Å². The molecule has 2 bridgehead atoms. The number of amides is 2. The summed E-state index contributed by atoms with van der Waals surface area (Å²) < 4.78 is 0. The summed E-state index contributed by atoms with van der Waals surface area (Å²) in [5.41, 5.74) is 2.50. The summed E-state index contributed by atoms with van der Waals surface area (Å²) in [6.07, 6.45) is 0.814. The third-order valence-electron chi connectivity index (χ3n) is 8.81. The number of H-pyrrole nitrogens is 1. The minimum Gasteiger partial charge on any atom is -0.378 e. The maximum Gasteiger partial charge on any atom is 0.305 e. The first-order chi connectivity index (χ1) is 18.2. The number of imide groups is 1. The number of carbonyl (C=O) groups excluding carboxylic acids is 2. The van der Waals surface area contributed by atoms with Gasteiger partial charge in [-0.2, -0.15) is 0 Å². The van der Waals surface area contributed by atoms with Gasteiger partial charge in [0.25, 0.3) is 5.69 Å². The van der Waals surface area contributed by atoms with Crippen LogP contribution >= 0.6 is 23.1 Å². The van der Waals surface area contributed by atoms with Crippen LogP contribution in [0.4, 0.5) is 17.1 Å². The summed E-state index contributed by atoms with van der Waals surface area (Å²) in [4.78, 5) is 57.8. The van der Waals surface area contributed by atoms with E-state index in [1.807, 2.05) is 19.0 Å². The van der Waals surface area contributed by atoms with Crippen molar-refractivity contribution in [1.82, 2.24) is 4.98 Å². The number of aromatic amines is 1. The van der Waals surface area contributed by atoms with Gasteiger partial charge in [0.15, 0.2) is 0 Å². The Bertz CT molecular complexity index is 1550. The number of nitrogens with zero attached hydrogens (tertiary/aromatic N) is 3. The molecule has 7 atom stereocenters. The first-order valence-corrected chi connectivity index (χ1v) is 14.2. The number of non-ortho nitro benzene ring substituents is 1. The van der Waals surface area contributed by atoms with Crippen molar-refractivity contribution in [2.75, 3.05) is 23.9 Å². The maximum absolute atomic E-state index is 13.8. The third-order valence-corrected chi connectivity index (χ3v) is 11.4. The Morgan fingerprint density at radius 1 is 0.974 bits per heavy atom. The number of carbonyl (C=O) groups is 2. The Morgan fingerprint density at radius 2 is 1.63 bits per heavy atom. The molecule has 1 aromatic heterocycles. The number of hydrogen-bond acceptors (Lipinski definition) is 8. The smallest absolute Gasteiger partial charge is 0.305 e. The van der Waals surface area contributed by atoms with Crippen molar-refractivity contribution in [3.8, 4) is 0 Å². The Balaban J connectivity index is 1.28. The molecule has 2 saturated carbocycles. The van der Waals surface area contributed by atoms with Gasteiger partial charge >= 0.3 is 4.87 Å². The van der Waals surface area contributed by atoms with E-state index in [4.69, 9.17) is 0 Å². The van der Waals surface area contributed by atoms with Crippen molar-refractivity contribution in [2.24, 2.45) is 29.6 Å².